The van der Waals surface area contributed by atoms with Gasteiger partial charge in [-0.15, -0.1) is 0 Å². The second-order valence-corrected chi connectivity index (χ2v) is 10.8. The predicted octanol–water partition coefficient (Wildman–Crippen LogP) is 3.84. The summed E-state index contributed by atoms with van der Waals surface area (Å²) in [6.45, 7) is 15.5. The number of hydrogen-bond acceptors (Lipinski definition) is 8. The number of fused-ring (bicyclic) bond motifs is 1. The largest absolute Gasteiger partial charge is 0.502 e. The number of rotatable bonds is 5. The van der Waals surface area contributed by atoms with Gasteiger partial charge in [0.15, 0.2) is 0 Å². The van der Waals surface area contributed by atoms with Crippen molar-refractivity contribution in [3.8, 4) is 0 Å². The molecule has 0 spiro atoms. The second kappa shape index (κ2) is 9.26. The third kappa shape index (κ3) is 4.86. The first-order chi connectivity index (χ1) is 16.3. The Balaban J connectivity index is 1.61. The molecule has 2 fully saturated rings. The van der Waals surface area contributed by atoms with Gasteiger partial charge in [-0.3, -0.25) is 4.79 Å². The van der Waals surface area contributed by atoms with Crippen molar-refractivity contribution in [2.75, 3.05) is 5.32 Å². The Hall–Kier alpha value is -2.36. The number of carbonyl (C=O) groups excluding carboxylic acids is 1. The molecule has 2 aliphatic rings. The molecular formula is C26H36BNO7. The van der Waals surface area contributed by atoms with Crippen LogP contribution in [0.25, 0.3) is 11.0 Å². The van der Waals surface area contributed by atoms with E-state index in [0.29, 0.717) is 11.0 Å². The fraction of sp³-hybridized carbons (Fsp3) is 0.615. The minimum atomic E-state index is -0.795. The van der Waals surface area contributed by atoms with Gasteiger partial charge in [-0.25, -0.2) is 4.79 Å². The van der Waals surface area contributed by atoms with Gasteiger partial charge in [-0.1, -0.05) is 20.8 Å². The van der Waals surface area contributed by atoms with Gasteiger partial charge >= 0.3 is 18.7 Å². The lowest BCUT2D eigenvalue weighted by molar-refractivity contribution is -0.223. The van der Waals surface area contributed by atoms with Crippen LogP contribution in [0.4, 0.5) is 5.69 Å². The van der Waals surface area contributed by atoms with E-state index in [2.05, 4.69) is 26.1 Å². The van der Waals surface area contributed by atoms with Gasteiger partial charge in [-0.05, 0) is 64.2 Å². The van der Waals surface area contributed by atoms with E-state index in [4.69, 9.17) is 23.2 Å². The van der Waals surface area contributed by atoms with E-state index in [-0.39, 0.29) is 24.0 Å². The van der Waals surface area contributed by atoms with E-state index >= 15 is 0 Å². The summed E-state index contributed by atoms with van der Waals surface area (Å²) in [6, 6.07) is 7.06. The molecule has 1 aromatic heterocycles. The molecule has 0 amide bonds. The van der Waals surface area contributed by atoms with Crippen LogP contribution in [-0.4, -0.2) is 42.7 Å². The standard InChI is InChI=1S/C26H36BNO7/c1-9-20-14(2)15(3)22(24(33-20)31-16(4)29)28-18-11-10-17-12-19(23(30)32-21(17)13-18)27-34-25(5,6)26(7,8)35-27/h10-15,20,22,24,28H,9H2,1-8H3/t14-,15-,20?,22?,24?/m0/s1. The highest BCUT2D eigenvalue weighted by molar-refractivity contribution is 6.62. The van der Waals surface area contributed by atoms with Gasteiger partial charge in [-0.2, -0.15) is 0 Å². The summed E-state index contributed by atoms with van der Waals surface area (Å²) in [5, 5.41) is 4.20. The summed E-state index contributed by atoms with van der Waals surface area (Å²) in [6.07, 6.45) is 0.134. The summed E-state index contributed by atoms with van der Waals surface area (Å²) >= 11 is 0. The van der Waals surface area contributed by atoms with E-state index in [1.807, 2.05) is 39.8 Å². The lowest BCUT2D eigenvalue weighted by atomic mass is 9.80. The molecule has 4 rings (SSSR count). The number of ether oxygens (including phenoxy) is 2. The van der Waals surface area contributed by atoms with Crippen LogP contribution in [0, 0.1) is 11.8 Å². The Kier molecular flexibility index (Phi) is 6.81. The van der Waals surface area contributed by atoms with Crippen LogP contribution in [0.2, 0.25) is 0 Å². The number of nitrogens with one attached hydrogen (secondary N) is 1. The molecule has 8 nitrogen and oxygen atoms in total. The molecule has 3 unspecified atom stereocenters. The van der Waals surface area contributed by atoms with E-state index in [0.717, 1.165) is 17.5 Å². The number of esters is 1. The highest BCUT2D eigenvalue weighted by atomic mass is 16.7. The van der Waals surface area contributed by atoms with Crippen LogP contribution in [0.1, 0.15) is 61.8 Å². The van der Waals surface area contributed by atoms with E-state index < -0.39 is 36.2 Å². The van der Waals surface area contributed by atoms with Crippen LogP contribution >= 0.6 is 0 Å². The first-order valence-electron chi connectivity index (χ1n) is 12.4. The first kappa shape index (κ1) is 25.7. The molecule has 5 atom stereocenters. The molecule has 1 aromatic carbocycles. The van der Waals surface area contributed by atoms with E-state index in [9.17, 15) is 9.59 Å². The molecule has 1 N–H and O–H groups in total. The third-order valence-corrected chi connectivity index (χ3v) is 7.87. The minimum Gasteiger partial charge on any atom is -0.434 e. The molecule has 0 bridgehead atoms. The van der Waals surface area contributed by atoms with Crippen molar-refractivity contribution >= 4 is 35.2 Å². The number of benzene rings is 1. The molecular weight excluding hydrogens is 449 g/mol. The number of anilines is 1. The Bertz CT molecular complexity index is 1140. The quantitative estimate of drug-likeness (QED) is 0.388. The monoisotopic (exact) mass is 485 g/mol. The van der Waals surface area contributed by atoms with Gasteiger partial charge in [0, 0.05) is 24.1 Å². The lowest BCUT2D eigenvalue weighted by Gasteiger charge is -2.44. The Morgan fingerprint density at radius 2 is 1.74 bits per heavy atom. The molecule has 9 heteroatoms. The highest BCUT2D eigenvalue weighted by Crippen LogP contribution is 2.37. The molecule has 0 saturated carbocycles. The Morgan fingerprint density at radius 1 is 1.09 bits per heavy atom. The maximum Gasteiger partial charge on any atom is 0.502 e. The van der Waals surface area contributed by atoms with Crippen LogP contribution in [0.15, 0.2) is 33.5 Å². The van der Waals surface area contributed by atoms with Gasteiger partial charge in [0.2, 0.25) is 6.29 Å². The van der Waals surface area contributed by atoms with Crippen LogP contribution in [0.3, 0.4) is 0 Å². The summed E-state index contributed by atoms with van der Waals surface area (Å²) in [5.74, 6) is 0.0508. The van der Waals surface area contributed by atoms with Crippen molar-refractivity contribution in [2.24, 2.45) is 11.8 Å². The fourth-order valence-electron chi connectivity index (χ4n) is 4.77. The minimum absolute atomic E-state index is 0.00965. The summed E-state index contributed by atoms with van der Waals surface area (Å²) in [5.41, 5.74) is -0.104. The second-order valence-electron chi connectivity index (χ2n) is 10.8. The summed E-state index contributed by atoms with van der Waals surface area (Å²) < 4.78 is 29.4. The van der Waals surface area contributed by atoms with Crippen molar-refractivity contribution < 1.29 is 28.0 Å². The Labute approximate surface area is 206 Å². The molecule has 190 valence electrons. The van der Waals surface area contributed by atoms with E-state index in [1.54, 1.807) is 12.1 Å². The van der Waals surface area contributed by atoms with Gasteiger partial charge in [0.05, 0.1) is 28.8 Å². The molecule has 0 aliphatic carbocycles. The molecule has 2 saturated heterocycles. The number of hydrogen-bond donors (Lipinski definition) is 1. The SMILES string of the molecule is CCC1OC(OC(C)=O)C(Nc2ccc3cc(B4OC(C)(C)C(C)(C)O4)c(=O)oc3c2)[C@@H](C)[C@@H]1C. The molecule has 0 radical (unpaired) electrons. The average molecular weight is 485 g/mol. The topological polar surface area (TPSA) is 96.2 Å². The van der Waals surface area contributed by atoms with E-state index in [1.165, 1.54) is 6.92 Å². The normalized spacial score (nSPS) is 29.8. The van der Waals surface area contributed by atoms with Gasteiger partial charge in [0.25, 0.3) is 0 Å². The first-order valence-corrected chi connectivity index (χ1v) is 12.4. The van der Waals surface area contributed by atoms with Crippen molar-refractivity contribution in [1.82, 2.24) is 0 Å². The van der Waals surface area contributed by atoms with Crippen molar-refractivity contribution in [2.45, 2.75) is 91.4 Å². The van der Waals surface area contributed by atoms with Crippen LogP contribution < -0.4 is 16.4 Å². The molecule has 2 aromatic rings. The molecule has 3 heterocycles. The van der Waals surface area contributed by atoms with Crippen LogP contribution in [-0.2, 0) is 23.6 Å². The third-order valence-electron chi connectivity index (χ3n) is 7.87. The summed E-state index contributed by atoms with van der Waals surface area (Å²) in [7, 11) is -0.795. The Morgan fingerprint density at radius 3 is 2.34 bits per heavy atom. The fourth-order valence-corrected chi connectivity index (χ4v) is 4.77. The zero-order chi connectivity index (χ0) is 25.7. The zero-order valence-corrected chi connectivity index (χ0v) is 21.8. The highest BCUT2D eigenvalue weighted by Gasteiger charge is 2.52. The van der Waals surface area contributed by atoms with Gasteiger partial charge in [0.1, 0.15) is 5.58 Å². The van der Waals surface area contributed by atoms with Crippen molar-refractivity contribution in [1.29, 1.82) is 0 Å². The summed E-state index contributed by atoms with van der Waals surface area (Å²) in [4.78, 5) is 24.6. The maximum atomic E-state index is 12.9. The molecule has 35 heavy (non-hydrogen) atoms. The predicted molar refractivity (Wildman–Crippen MR) is 135 cm³/mol. The molecule has 2 aliphatic heterocycles. The van der Waals surface area contributed by atoms with Crippen LogP contribution in [0.5, 0.6) is 0 Å². The maximum absolute atomic E-state index is 12.9. The van der Waals surface area contributed by atoms with Crippen molar-refractivity contribution in [3.63, 3.8) is 0 Å². The van der Waals surface area contributed by atoms with Gasteiger partial charge < -0.3 is 28.5 Å². The smallest absolute Gasteiger partial charge is 0.434 e. The average Bonchev–Trinajstić information content (AvgIpc) is 2.99. The lowest BCUT2D eigenvalue weighted by Crippen LogP contribution is -2.54. The zero-order valence-electron chi connectivity index (χ0n) is 21.8. The number of carbonyl (C=O) groups is 1. The van der Waals surface area contributed by atoms with Crippen molar-refractivity contribution in [3.05, 3.63) is 34.7 Å².